The predicted molar refractivity (Wildman–Crippen MR) is 113 cm³/mol. The molecule has 0 aliphatic carbocycles. The van der Waals surface area contributed by atoms with Crippen LogP contribution < -0.4 is 0 Å². The number of H-pyrrole nitrogens is 1. The van der Waals surface area contributed by atoms with Crippen LogP contribution in [0.1, 0.15) is 21.6 Å². The van der Waals surface area contributed by atoms with Crippen LogP contribution in [-0.4, -0.2) is 42.1 Å². The molecule has 27 heavy (non-hydrogen) atoms. The van der Waals surface area contributed by atoms with Crippen molar-refractivity contribution in [3.8, 4) is 0 Å². The predicted octanol–water partition coefficient (Wildman–Crippen LogP) is 5.23. The fraction of sp³-hybridized carbons (Fsp3) is 0.190. The van der Waals surface area contributed by atoms with Crippen LogP contribution in [0.2, 0.25) is 5.02 Å². The number of ether oxygens (including phenoxy) is 1. The van der Waals surface area contributed by atoms with Gasteiger partial charge in [0, 0.05) is 33.5 Å². The number of carbonyl (C=O) groups is 1. The van der Waals surface area contributed by atoms with Gasteiger partial charge in [-0.25, -0.2) is 0 Å². The fourth-order valence-electron chi connectivity index (χ4n) is 3.22. The molecule has 1 aliphatic rings. The summed E-state index contributed by atoms with van der Waals surface area (Å²) >= 11 is 9.45. The monoisotopic (exact) mass is 444 g/mol. The van der Waals surface area contributed by atoms with Gasteiger partial charge in [-0.05, 0) is 35.9 Å². The lowest BCUT2D eigenvalue weighted by atomic mass is 10.1. The molecule has 138 valence electrons. The molecule has 1 aromatic heterocycles. The van der Waals surface area contributed by atoms with Crippen LogP contribution in [0.4, 0.5) is 0 Å². The van der Waals surface area contributed by atoms with Gasteiger partial charge in [0.15, 0.2) is 0 Å². The number of aromatic nitrogens is 1. The Bertz CT molecular complexity index is 1000. The van der Waals surface area contributed by atoms with E-state index in [1.807, 2.05) is 59.5 Å². The fourth-order valence-corrected chi connectivity index (χ4v) is 3.71. The molecule has 0 saturated carbocycles. The van der Waals surface area contributed by atoms with Gasteiger partial charge in [0.1, 0.15) is 0 Å². The van der Waals surface area contributed by atoms with Crippen LogP contribution in [0.5, 0.6) is 0 Å². The lowest BCUT2D eigenvalue weighted by Crippen LogP contribution is -2.40. The van der Waals surface area contributed by atoms with E-state index in [2.05, 4.69) is 20.9 Å². The summed E-state index contributed by atoms with van der Waals surface area (Å²) in [6, 6.07) is 13.5. The Balaban J connectivity index is 1.76. The Kier molecular flexibility index (Phi) is 5.34. The zero-order chi connectivity index (χ0) is 18.8. The first kappa shape index (κ1) is 18.3. The number of fused-ring (bicyclic) bond motifs is 1. The molecule has 0 radical (unpaired) electrons. The third kappa shape index (κ3) is 3.95. The number of hydrogen-bond donors (Lipinski definition) is 1. The van der Waals surface area contributed by atoms with Gasteiger partial charge >= 0.3 is 0 Å². The van der Waals surface area contributed by atoms with E-state index in [9.17, 15) is 4.79 Å². The van der Waals surface area contributed by atoms with Gasteiger partial charge in [0.25, 0.3) is 5.91 Å². The molecule has 0 spiro atoms. The summed E-state index contributed by atoms with van der Waals surface area (Å²) in [6.07, 6.45) is 3.93. The van der Waals surface area contributed by atoms with Crippen LogP contribution in [0, 0.1) is 0 Å². The maximum absolute atomic E-state index is 13.2. The zero-order valence-corrected chi connectivity index (χ0v) is 16.9. The summed E-state index contributed by atoms with van der Waals surface area (Å²) in [7, 11) is 0. The van der Waals surface area contributed by atoms with Gasteiger partial charge < -0.3 is 14.6 Å². The van der Waals surface area contributed by atoms with E-state index >= 15 is 0 Å². The number of carbonyl (C=O) groups excluding carboxylic acids is 1. The number of benzene rings is 2. The topological polar surface area (TPSA) is 45.3 Å². The van der Waals surface area contributed by atoms with Crippen molar-refractivity contribution < 1.29 is 9.53 Å². The second-order valence-corrected chi connectivity index (χ2v) is 7.75. The number of amides is 1. The average molecular weight is 446 g/mol. The van der Waals surface area contributed by atoms with E-state index in [0.29, 0.717) is 36.9 Å². The Morgan fingerprint density at radius 3 is 2.59 bits per heavy atom. The molecule has 3 aromatic rings. The number of hydrogen-bond acceptors (Lipinski definition) is 2. The number of rotatable bonds is 3. The lowest BCUT2D eigenvalue weighted by molar-refractivity contribution is 0.0304. The minimum Gasteiger partial charge on any atom is -0.378 e. The first-order chi connectivity index (χ1) is 13.1. The Hall–Kier alpha value is -2.08. The molecule has 1 fully saturated rings. The van der Waals surface area contributed by atoms with Gasteiger partial charge in [-0.1, -0.05) is 51.8 Å². The Labute approximate surface area is 170 Å². The zero-order valence-electron chi connectivity index (χ0n) is 14.5. The summed E-state index contributed by atoms with van der Waals surface area (Å²) in [5, 5.41) is 1.62. The molecule has 1 amide bonds. The number of nitrogens with zero attached hydrogens (tertiary/aromatic N) is 1. The van der Waals surface area contributed by atoms with E-state index in [0.717, 1.165) is 26.6 Å². The van der Waals surface area contributed by atoms with E-state index in [1.54, 1.807) is 0 Å². The van der Waals surface area contributed by atoms with E-state index in [-0.39, 0.29) is 5.91 Å². The molecule has 2 aromatic carbocycles. The second kappa shape index (κ2) is 7.89. The largest absolute Gasteiger partial charge is 0.378 e. The van der Waals surface area contributed by atoms with Crippen molar-refractivity contribution in [2.75, 3.05) is 26.3 Å². The first-order valence-corrected chi connectivity index (χ1v) is 9.91. The van der Waals surface area contributed by atoms with E-state index < -0.39 is 0 Å². The van der Waals surface area contributed by atoms with Crippen molar-refractivity contribution in [1.82, 2.24) is 9.88 Å². The second-order valence-electron chi connectivity index (χ2n) is 6.39. The number of morpholine rings is 1. The van der Waals surface area contributed by atoms with Crippen LogP contribution in [0.25, 0.3) is 23.1 Å². The Morgan fingerprint density at radius 1 is 1.11 bits per heavy atom. The summed E-state index contributed by atoms with van der Waals surface area (Å²) < 4.78 is 6.35. The third-order valence-corrected chi connectivity index (χ3v) is 5.36. The molecule has 2 heterocycles. The van der Waals surface area contributed by atoms with Gasteiger partial charge in [0.05, 0.1) is 24.5 Å². The van der Waals surface area contributed by atoms with Crippen molar-refractivity contribution in [3.63, 3.8) is 0 Å². The smallest absolute Gasteiger partial charge is 0.256 e. The third-order valence-electron chi connectivity index (χ3n) is 4.61. The minimum absolute atomic E-state index is 0.0302. The number of nitrogens with one attached hydrogen (secondary N) is 1. The first-order valence-electron chi connectivity index (χ1n) is 8.74. The molecule has 4 nitrogen and oxygen atoms in total. The van der Waals surface area contributed by atoms with Crippen LogP contribution in [0.3, 0.4) is 0 Å². The summed E-state index contributed by atoms with van der Waals surface area (Å²) in [6.45, 7) is 2.38. The average Bonchev–Trinajstić information content (AvgIpc) is 3.05. The molecule has 1 saturated heterocycles. The molecule has 4 rings (SSSR count). The number of halogens is 2. The van der Waals surface area contributed by atoms with Gasteiger partial charge in [-0.2, -0.15) is 0 Å². The van der Waals surface area contributed by atoms with E-state index in [1.165, 1.54) is 0 Å². The molecular weight excluding hydrogens is 428 g/mol. The molecule has 1 N–H and O–H groups in total. The van der Waals surface area contributed by atoms with Crippen molar-refractivity contribution in [2.24, 2.45) is 0 Å². The maximum Gasteiger partial charge on any atom is 0.256 e. The molecule has 1 aliphatic heterocycles. The van der Waals surface area contributed by atoms with Crippen LogP contribution >= 0.6 is 27.5 Å². The molecule has 0 unspecified atom stereocenters. The van der Waals surface area contributed by atoms with Gasteiger partial charge in [-0.15, -0.1) is 0 Å². The highest BCUT2D eigenvalue weighted by atomic mass is 79.9. The molecule has 6 heteroatoms. The highest BCUT2D eigenvalue weighted by Gasteiger charge is 2.24. The van der Waals surface area contributed by atoms with Gasteiger partial charge in [-0.3, -0.25) is 4.79 Å². The minimum atomic E-state index is 0.0302. The standard InChI is InChI=1S/C21H18BrClN2O2/c22-15-4-7-17-19(13-15)24-18(8-3-14-1-5-16(23)6-2-14)20(17)21(26)25-9-11-27-12-10-25/h1-8,13,24H,9-12H2/b8-3+. The maximum atomic E-state index is 13.2. The van der Waals surface area contributed by atoms with Crippen LogP contribution in [-0.2, 0) is 4.74 Å². The Morgan fingerprint density at radius 2 is 1.85 bits per heavy atom. The van der Waals surface area contributed by atoms with Crippen molar-refractivity contribution in [2.45, 2.75) is 0 Å². The SMILES string of the molecule is O=C(c1c(/C=C/c2ccc(Cl)cc2)[nH]c2cc(Br)ccc12)N1CCOCC1. The summed E-state index contributed by atoms with van der Waals surface area (Å²) in [5.41, 5.74) is 3.44. The summed E-state index contributed by atoms with van der Waals surface area (Å²) in [4.78, 5) is 18.5. The van der Waals surface area contributed by atoms with Crippen molar-refractivity contribution in [1.29, 1.82) is 0 Å². The summed E-state index contributed by atoms with van der Waals surface area (Å²) in [5.74, 6) is 0.0302. The molecule has 0 bridgehead atoms. The lowest BCUT2D eigenvalue weighted by Gasteiger charge is -2.27. The highest BCUT2D eigenvalue weighted by molar-refractivity contribution is 9.10. The van der Waals surface area contributed by atoms with Crippen molar-refractivity contribution in [3.05, 3.63) is 68.8 Å². The molecular formula is C21H18BrClN2O2. The quantitative estimate of drug-likeness (QED) is 0.600. The van der Waals surface area contributed by atoms with Gasteiger partial charge in [0.2, 0.25) is 0 Å². The molecule has 0 atom stereocenters. The van der Waals surface area contributed by atoms with Crippen LogP contribution in [0.15, 0.2) is 46.9 Å². The van der Waals surface area contributed by atoms with E-state index in [4.69, 9.17) is 16.3 Å². The highest BCUT2D eigenvalue weighted by Crippen LogP contribution is 2.28. The number of aromatic amines is 1. The van der Waals surface area contributed by atoms with Crippen molar-refractivity contribution >= 4 is 56.5 Å². The normalized spacial score (nSPS) is 15.0.